The lowest BCUT2D eigenvalue weighted by Gasteiger charge is -2.21. The molecule has 0 radical (unpaired) electrons. The molecule has 1 aromatic carbocycles. The van der Waals surface area contributed by atoms with Gasteiger partial charge in [0, 0.05) is 42.6 Å². The minimum atomic E-state index is -0.157. The highest BCUT2D eigenvalue weighted by Gasteiger charge is 2.13. The van der Waals surface area contributed by atoms with E-state index >= 15 is 0 Å². The molecule has 0 aliphatic heterocycles. The van der Waals surface area contributed by atoms with Crippen molar-refractivity contribution in [1.82, 2.24) is 4.90 Å². The van der Waals surface area contributed by atoms with Crippen LogP contribution in [0.25, 0.3) is 0 Å². The van der Waals surface area contributed by atoms with E-state index in [2.05, 4.69) is 43.0 Å². The lowest BCUT2D eigenvalue weighted by atomic mass is 10.1. The summed E-state index contributed by atoms with van der Waals surface area (Å²) < 4.78 is 11.1. The zero-order valence-corrected chi connectivity index (χ0v) is 36.0. The van der Waals surface area contributed by atoms with Crippen molar-refractivity contribution in [3.05, 3.63) is 35.9 Å². The average molecular weight is 786 g/mol. The normalized spacial score (nSPS) is 11.4. The molecule has 0 atom stereocenters. The quantitative estimate of drug-likeness (QED) is 0.0369. The number of carbonyl (C=O) groups excluding carboxylic acids is 2. The second kappa shape index (κ2) is 39.2. The number of unbranched alkanes of at least 4 members (excludes halogenated alkanes) is 18. The third kappa shape index (κ3) is 35.0. The molecule has 0 saturated carbocycles. The summed E-state index contributed by atoms with van der Waals surface area (Å²) in [5.74, 6) is 3.68. The Labute approximate surface area is 330 Å². The molecule has 0 heterocycles. The van der Waals surface area contributed by atoms with Crippen LogP contribution in [0.1, 0.15) is 161 Å². The van der Waals surface area contributed by atoms with Gasteiger partial charge in [0.25, 0.3) is 0 Å². The minimum absolute atomic E-state index is 0.157. The molecule has 0 unspecified atom stereocenters. The highest BCUT2D eigenvalue weighted by molar-refractivity contribution is 8.77. The van der Waals surface area contributed by atoms with Crippen LogP contribution < -0.4 is 0 Å². The van der Waals surface area contributed by atoms with Gasteiger partial charge < -0.3 is 14.4 Å². The van der Waals surface area contributed by atoms with Gasteiger partial charge in [-0.3, -0.25) is 9.59 Å². The van der Waals surface area contributed by atoms with E-state index in [4.69, 9.17) is 9.47 Å². The largest absolute Gasteiger partial charge is 0.465 e. The van der Waals surface area contributed by atoms with Gasteiger partial charge in [0.05, 0.1) is 12.8 Å². The lowest BCUT2D eigenvalue weighted by molar-refractivity contribution is -0.143. The Morgan fingerprint density at radius 2 is 0.863 bits per heavy atom. The number of ether oxygens (including phenoxy) is 2. The van der Waals surface area contributed by atoms with E-state index in [-0.39, 0.29) is 11.9 Å². The summed E-state index contributed by atoms with van der Waals surface area (Å²) in [7, 11) is 7.42. The zero-order valence-electron chi connectivity index (χ0n) is 32.7. The van der Waals surface area contributed by atoms with Crippen LogP contribution in [0.4, 0.5) is 0 Å². The summed E-state index contributed by atoms with van der Waals surface area (Å²) in [6, 6.07) is 10.4. The van der Waals surface area contributed by atoms with Crippen LogP contribution in [0.2, 0.25) is 0 Å². The fraction of sp³-hybridized carbons (Fsp3) is 0.810. The monoisotopic (exact) mass is 785 g/mol. The second-order valence-corrected chi connectivity index (χ2v) is 19.1. The predicted octanol–water partition coefficient (Wildman–Crippen LogP) is 13.0. The average Bonchev–Trinajstić information content (AvgIpc) is 3.14. The molecular formula is C42H75NO4S4. The number of hydrogen-bond acceptors (Lipinski definition) is 9. The van der Waals surface area contributed by atoms with Gasteiger partial charge in [0.15, 0.2) is 0 Å². The number of nitrogens with zero attached hydrogens (tertiary/aromatic N) is 1. The van der Waals surface area contributed by atoms with E-state index in [1.165, 1.54) is 145 Å². The fourth-order valence-corrected chi connectivity index (χ4v) is 9.77. The van der Waals surface area contributed by atoms with Crippen LogP contribution in [-0.2, 0) is 25.5 Å². The van der Waals surface area contributed by atoms with E-state index in [0.29, 0.717) is 39.1 Å². The lowest BCUT2D eigenvalue weighted by Crippen LogP contribution is -2.31. The molecule has 9 heteroatoms. The molecule has 1 aromatic rings. The smallest absolute Gasteiger partial charge is 0.307 e. The third-order valence-electron chi connectivity index (χ3n) is 9.01. The van der Waals surface area contributed by atoms with E-state index in [1.54, 1.807) is 0 Å². The van der Waals surface area contributed by atoms with Crippen LogP contribution in [0, 0.1) is 0 Å². The Balaban J connectivity index is 2.10. The molecule has 0 aliphatic carbocycles. The van der Waals surface area contributed by atoms with E-state index in [9.17, 15) is 9.59 Å². The molecule has 296 valence electrons. The van der Waals surface area contributed by atoms with Crippen molar-refractivity contribution in [3.8, 4) is 0 Å². The maximum Gasteiger partial charge on any atom is 0.307 e. The van der Waals surface area contributed by atoms with Crippen molar-refractivity contribution >= 4 is 55.1 Å². The number of benzene rings is 1. The van der Waals surface area contributed by atoms with Crippen molar-refractivity contribution in [2.75, 3.05) is 55.9 Å². The van der Waals surface area contributed by atoms with E-state index in [0.717, 1.165) is 24.5 Å². The molecule has 5 nitrogen and oxygen atoms in total. The molecule has 51 heavy (non-hydrogen) atoms. The Morgan fingerprint density at radius 3 is 1.27 bits per heavy atom. The first kappa shape index (κ1) is 48.5. The number of carbonyl (C=O) groups is 2. The first-order valence-electron chi connectivity index (χ1n) is 20.7. The van der Waals surface area contributed by atoms with Crippen molar-refractivity contribution in [3.63, 3.8) is 0 Å². The summed E-state index contributed by atoms with van der Waals surface area (Å²) in [6.07, 6.45) is 28.9. The van der Waals surface area contributed by atoms with Crippen LogP contribution in [0.3, 0.4) is 0 Å². The van der Waals surface area contributed by atoms with Crippen molar-refractivity contribution in [2.45, 2.75) is 162 Å². The summed E-state index contributed by atoms with van der Waals surface area (Å²) >= 11 is 0. The Morgan fingerprint density at radius 1 is 0.490 bits per heavy atom. The Hall–Kier alpha value is -0.480. The van der Waals surface area contributed by atoms with Crippen LogP contribution >= 0.6 is 43.2 Å². The molecule has 0 spiro atoms. The SMILES string of the molecule is CCCCCCCCCCCCSSCCOC(=O)CCN(CCC(=O)OCCSSCCCCCCCCCCCC)CCc1ccccc1. The van der Waals surface area contributed by atoms with Gasteiger partial charge in [-0.2, -0.15) is 0 Å². The van der Waals surface area contributed by atoms with Gasteiger partial charge in [-0.15, -0.1) is 0 Å². The van der Waals surface area contributed by atoms with Crippen LogP contribution in [0.5, 0.6) is 0 Å². The molecule has 0 bridgehead atoms. The molecule has 0 aromatic heterocycles. The summed E-state index contributed by atoms with van der Waals surface area (Å²) in [5.41, 5.74) is 1.26. The minimum Gasteiger partial charge on any atom is -0.465 e. The van der Waals surface area contributed by atoms with E-state index in [1.807, 2.05) is 49.2 Å². The summed E-state index contributed by atoms with van der Waals surface area (Å²) in [6.45, 7) is 7.44. The number of esters is 2. The summed E-state index contributed by atoms with van der Waals surface area (Å²) in [4.78, 5) is 27.2. The van der Waals surface area contributed by atoms with Gasteiger partial charge in [0.2, 0.25) is 0 Å². The molecule has 0 amide bonds. The second-order valence-electron chi connectivity index (χ2n) is 13.7. The third-order valence-corrected chi connectivity index (χ3v) is 13.9. The van der Waals surface area contributed by atoms with Gasteiger partial charge in [-0.1, -0.05) is 203 Å². The number of rotatable bonds is 39. The maximum atomic E-state index is 12.5. The van der Waals surface area contributed by atoms with Gasteiger partial charge >= 0.3 is 11.9 Å². The predicted molar refractivity (Wildman–Crippen MR) is 231 cm³/mol. The molecule has 0 fully saturated rings. The highest BCUT2D eigenvalue weighted by atomic mass is 33.1. The van der Waals surface area contributed by atoms with E-state index < -0.39 is 0 Å². The Kier molecular flexibility index (Phi) is 37.3. The topological polar surface area (TPSA) is 55.8 Å². The standard InChI is InChI=1S/C42H75NO4S4/c1-3-5-7-9-11-13-15-17-19-24-36-48-50-38-34-46-41(44)29-32-43(31-28-40-26-22-21-23-27-40)33-30-42(45)47-35-39-51-49-37-25-20-18-16-14-12-10-8-6-4-2/h21-23,26-27H,3-20,24-25,28-39H2,1-2H3. The zero-order chi connectivity index (χ0) is 36.7. The van der Waals surface area contributed by atoms with Crippen molar-refractivity contribution < 1.29 is 19.1 Å². The summed E-state index contributed by atoms with van der Waals surface area (Å²) in [5, 5.41) is 0. The molecule has 0 aliphatic rings. The Bertz CT molecular complexity index is 845. The molecule has 0 N–H and O–H groups in total. The van der Waals surface area contributed by atoms with Crippen molar-refractivity contribution in [2.24, 2.45) is 0 Å². The molecular weight excluding hydrogens is 711 g/mol. The van der Waals surface area contributed by atoms with Crippen LogP contribution in [0.15, 0.2) is 30.3 Å². The van der Waals surface area contributed by atoms with Gasteiger partial charge in [-0.25, -0.2) is 0 Å². The van der Waals surface area contributed by atoms with Crippen LogP contribution in [-0.4, -0.2) is 72.7 Å². The van der Waals surface area contributed by atoms with Crippen molar-refractivity contribution in [1.29, 1.82) is 0 Å². The maximum absolute atomic E-state index is 12.5. The first-order chi connectivity index (χ1) is 25.2. The van der Waals surface area contributed by atoms with Gasteiger partial charge in [-0.05, 0) is 24.8 Å². The highest BCUT2D eigenvalue weighted by Crippen LogP contribution is 2.24. The van der Waals surface area contributed by atoms with Gasteiger partial charge in [0.1, 0.15) is 13.2 Å². The number of hydrogen-bond donors (Lipinski definition) is 0. The molecule has 0 saturated heterocycles. The fourth-order valence-electron chi connectivity index (χ4n) is 5.82. The first-order valence-corrected chi connectivity index (χ1v) is 25.7. The molecule has 1 rings (SSSR count).